The Kier molecular flexibility index (Phi) is 4.39. The van der Waals surface area contributed by atoms with Gasteiger partial charge in [0.1, 0.15) is 17.4 Å². The topological polar surface area (TPSA) is 34.1 Å². The number of para-hydroxylation sites is 1. The number of pyridine rings is 1. The van der Waals surface area contributed by atoms with Gasteiger partial charge < -0.3 is 10.1 Å². The second kappa shape index (κ2) is 6.03. The Balaban J connectivity index is 0.00000120. The lowest BCUT2D eigenvalue weighted by Crippen LogP contribution is -2.34. The number of halogens is 1. The molecule has 0 unspecified atom stereocenters. The van der Waals surface area contributed by atoms with Gasteiger partial charge in [0.15, 0.2) is 0 Å². The highest BCUT2D eigenvalue weighted by Gasteiger charge is 2.15. The van der Waals surface area contributed by atoms with Crippen molar-refractivity contribution in [3.63, 3.8) is 0 Å². The minimum absolute atomic E-state index is 0. The van der Waals surface area contributed by atoms with Crippen LogP contribution >= 0.6 is 12.4 Å². The summed E-state index contributed by atoms with van der Waals surface area (Å²) in [5, 5.41) is 4.48. The summed E-state index contributed by atoms with van der Waals surface area (Å²) in [5.41, 5.74) is 0.966. The average molecular weight is 265 g/mol. The maximum Gasteiger partial charge on any atom is 0.145 e. The van der Waals surface area contributed by atoms with Crippen LogP contribution in [-0.4, -0.2) is 24.2 Å². The van der Waals surface area contributed by atoms with Gasteiger partial charge in [-0.1, -0.05) is 18.2 Å². The molecular formula is C14H17ClN2O. The highest BCUT2D eigenvalue weighted by Crippen LogP contribution is 2.25. The molecule has 0 saturated carbocycles. The summed E-state index contributed by atoms with van der Waals surface area (Å²) in [4.78, 5) is 4.41. The number of nitrogens with one attached hydrogen (secondary N) is 1. The number of piperidine rings is 1. The molecule has 18 heavy (non-hydrogen) atoms. The molecule has 0 bridgehead atoms. The first-order valence-electron chi connectivity index (χ1n) is 6.14. The van der Waals surface area contributed by atoms with Crippen LogP contribution in [0.15, 0.2) is 36.5 Å². The molecule has 1 aliphatic heterocycles. The number of ether oxygens (including phenoxy) is 1. The van der Waals surface area contributed by atoms with Crippen LogP contribution in [0.25, 0.3) is 10.9 Å². The van der Waals surface area contributed by atoms with E-state index in [9.17, 15) is 0 Å². The standard InChI is InChI=1S/C14H16N2O.ClH/c1-3-11-4-2-8-16-14(11)13(5-1)17-12-6-9-15-10-7-12;/h1-5,8,12,15H,6-7,9-10H2;1H. The zero-order chi connectivity index (χ0) is 11.5. The molecule has 1 N–H and O–H groups in total. The van der Waals surface area contributed by atoms with E-state index in [4.69, 9.17) is 4.74 Å². The van der Waals surface area contributed by atoms with E-state index in [1.807, 2.05) is 24.4 Å². The van der Waals surface area contributed by atoms with Crippen molar-refractivity contribution in [2.24, 2.45) is 0 Å². The van der Waals surface area contributed by atoms with Gasteiger partial charge in [0.05, 0.1) is 0 Å². The molecule has 1 saturated heterocycles. The molecule has 0 amide bonds. The molecule has 96 valence electrons. The Morgan fingerprint density at radius 3 is 2.72 bits per heavy atom. The van der Waals surface area contributed by atoms with Gasteiger partial charge in [-0.25, -0.2) is 0 Å². The highest BCUT2D eigenvalue weighted by molar-refractivity contribution is 5.85. The molecule has 3 nitrogen and oxygen atoms in total. The third-order valence-corrected chi connectivity index (χ3v) is 3.18. The lowest BCUT2D eigenvalue weighted by molar-refractivity contribution is 0.164. The van der Waals surface area contributed by atoms with Gasteiger partial charge in [-0.2, -0.15) is 0 Å². The van der Waals surface area contributed by atoms with Crippen molar-refractivity contribution >= 4 is 23.3 Å². The minimum Gasteiger partial charge on any atom is -0.488 e. The van der Waals surface area contributed by atoms with Gasteiger partial charge in [0.25, 0.3) is 0 Å². The summed E-state index contributed by atoms with van der Waals surface area (Å²) in [7, 11) is 0. The number of nitrogens with zero attached hydrogens (tertiary/aromatic N) is 1. The molecule has 0 atom stereocenters. The van der Waals surface area contributed by atoms with Gasteiger partial charge in [-0.3, -0.25) is 4.98 Å². The van der Waals surface area contributed by atoms with E-state index < -0.39 is 0 Å². The van der Waals surface area contributed by atoms with Crippen molar-refractivity contribution in [3.8, 4) is 5.75 Å². The van der Waals surface area contributed by atoms with Crippen LogP contribution in [0.1, 0.15) is 12.8 Å². The molecular weight excluding hydrogens is 248 g/mol. The zero-order valence-electron chi connectivity index (χ0n) is 10.1. The van der Waals surface area contributed by atoms with Gasteiger partial charge >= 0.3 is 0 Å². The molecule has 2 aromatic rings. The third kappa shape index (κ3) is 2.74. The van der Waals surface area contributed by atoms with Crippen LogP contribution in [0.5, 0.6) is 5.75 Å². The summed E-state index contributed by atoms with van der Waals surface area (Å²) < 4.78 is 6.07. The minimum atomic E-state index is 0. The van der Waals surface area contributed by atoms with Gasteiger partial charge in [-0.05, 0) is 38.1 Å². The Morgan fingerprint density at radius 1 is 1.11 bits per heavy atom. The number of hydrogen-bond acceptors (Lipinski definition) is 3. The molecule has 0 spiro atoms. The molecule has 0 radical (unpaired) electrons. The second-order valence-corrected chi connectivity index (χ2v) is 4.40. The first-order valence-corrected chi connectivity index (χ1v) is 6.14. The quantitative estimate of drug-likeness (QED) is 0.906. The van der Waals surface area contributed by atoms with Crippen LogP contribution in [0.2, 0.25) is 0 Å². The van der Waals surface area contributed by atoms with Crippen molar-refractivity contribution in [2.45, 2.75) is 18.9 Å². The number of aromatic nitrogens is 1. The van der Waals surface area contributed by atoms with Gasteiger partial charge in [-0.15, -0.1) is 12.4 Å². The molecule has 3 rings (SSSR count). The Bertz CT molecular complexity index is 507. The van der Waals surface area contributed by atoms with E-state index in [0.29, 0.717) is 6.10 Å². The van der Waals surface area contributed by atoms with Crippen LogP contribution in [0.3, 0.4) is 0 Å². The van der Waals surface area contributed by atoms with Crippen LogP contribution in [-0.2, 0) is 0 Å². The predicted octanol–water partition coefficient (Wildman–Crippen LogP) is 2.79. The maximum atomic E-state index is 6.07. The van der Waals surface area contributed by atoms with E-state index in [-0.39, 0.29) is 12.4 Å². The molecule has 0 aliphatic carbocycles. The lowest BCUT2D eigenvalue weighted by Gasteiger charge is -2.24. The number of rotatable bonds is 2. The SMILES string of the molecule is Cl.c1cnc2c(OC3CCNCC3)cccc2c1. The van der Waals surface area contributed by atoms with Crippen LogP contribution < -0.4 is 10.1 Å². The van der Waals surface area contributed by atoms with Crippen molar-refractivity contribution in [2.75, 3.05) is 13.1 Å². The summed E-state index contributed by atoms with van der Waals surface area (Å²) >= 11 is 0. The first kappa shape index (κ1) is 13.1. The van der Waals surface area contributed by atoms with E-state index >= 15 is 0 Å². The van der Waals surface area contributed by atoms with Crippen LogP contribution in [0.4, 0.5) is 0 Å². The van der Waals surface area contributed by atoms with Crippen molar-refractivity contribution in [3.05, 3.63) is 36.5 Å². The van der Waals surface area contributed by atoms with E-state index in [0.717, 1.165) is 42.6 Å². The summed E-state index contributed by atoms with van der Waals surface area (Å²) in [6, 6.07) is 10.1. The molecule has 1 aromatic heterocycles. The largest absolute Gasteiger partial charge is 0.488 e. The summed E-state index contributed by atoms with van der Waals surface area (Å²) in [6.45, 7) is 2.09. The Hall–Kier alpha value is -1.32. The number of hydrogen-bond donors (Lipinski definition) is 1. The maximum absolute atomic E-state index is 6.07. The molecule has 1 aromatic carbocycles. The molecule has 1 fully saturated rings. The fourth-order valence-corrected chi connectivity index (χ4v) is 2.26. The van der Waals surface area contributed by atoms with Crippen molar-refractivity contribution in [1.82, 2.24) is 10.3 Å². The first-order chi connectivity index (χ1) is 8.43. The Labute approximate surface area is 113 Å². The number of fused-ring (bicyclic) bond motifs is 1. The smallest absolute Gasteiger partial charge is 0.145 e. The average Bonchev–Trinajstić information content (AvgIpc) is 2.40. The van der Waals surface area contributed by atoms with Crippen LogP contribution in [0, 0.1) is 0 Å². The fraction of sp³-hybridized carbons (Fsp3) is 0.357. The number of benzene rings is 1. The summed E-state index contributed by atoms with van der Waals surface area (Å²) in [5.74, 6) is 0.912. The Morgan fingerprint density at radius 2 is 1.89 bits per heavy atom. The fourth-order valence-electron chi connectivity index (χ4n) is 2.26. The zero-order valence-corrected chi connectivity index (χ0v) is 11.0. The predicted molar refractivity (Wildman–Crippen MR) is 75.5 cm³/mol. The normalized spacial score (nSPS) is 16.2. The third-order valence-electron chi connectivity index (χ3n) is 3.18. The van der Waals surface area contributed by atoms with Gasteiger partial charge in [0, 0.05) is 11.6 Å². The highest BCUT2D eigenvalue weighted by atomic mass is 35.5. The van der Waals surface area contributed by atoms with E-state index in [1.54, 1.807) is 0 Å². The van der Waals surface area contributed by atoms with Crippen molar-refractivity contribution in [1.29, 1.82) is 0 Å². The second-order valence-electron chi connectivity index (χ2n) is 4.40. The summed E-state index contributed by atoms with van der Waals surface area (Å²) in [6.07, 6.45) is 4.29. The molecule has 2 heterocycles. The van der Waals surface area contributed by atoms with Crippen molar-refractivity contribution < 1.29 is 4.74 Å². The van der Waals surface area contributed by atoms with E-state index in [1.165, 1.54) is 0 Å². The lowest BCUT2D eigenvalue weighted by atomic mass is 10.1. The van der Waals surface area contributed by atoms with E-state index in [2.05, 4.69) is 22.4 Å². The molecule has 1 aliphatic rings. The van der Waals surface area contributed by atoms with Gasteiger partial charge in [0.2, 0.25) is 0 Å². The monoisotopic (exact) mass is 264 g/mol. The molecule has 4 heteroatoms.